The summed E-state index contributed by atoms with van der Waals surface area (Å²) in [5.74, 6) is -1.49. The molecule has 0 fully saturated rings. The van der Waals surface area contributed by atoms with E-state index in [9.17, 15) is 28.9 Å². The molecule has 74 heavy (non-hydrogen) atoms. The van der Waals surface area contributed by atoms with Crippen molar-refractivity contribution in [1.82, 2.24) is 0 Å². The lowest BCUT2D eigenvalue weighted by Crippen LogP contribution is -2.30. The molecule has 12 heteroatoms. The second-order valence-corrected chi connectivity index (χ2v) is 20.9. The molecule has 426 valence electrons. The van der Waals surface area contributed by atoms with Crippen LogP contribution in [-0.2, 0) is 42.2 Å². The zero-order valence-electron chi connectivity index (χ0n) is 47.0. The van der Waals surface area contributed by atoms with E-state index in [2.05, 4.69) is 106 Å². The number of allylic oxidation sites excluding steroid dienone is 14. The van der Waals surface area contributed by atoms with Crippen LogP contribution in [0.2, 0.25) is 0 Å². The molecule has 0 spiro atoms. The van der Waals surface area contributed by atoms with E-state index in [1.807, 2.05) is 0 Å². The summed E-state index contributed by atoms with van der Waals surface area (Å²) in [6, 6.07) is 0. The summed E-state index contributed by atoms with van der Waals surface area (Å²) in [4.78, 5) is 48.6. The van der Waals surface area contributed by atoms with Crippen molar-refractivity contribution in [2.45, 2.75) is 264 Å². The third-order valence-corrected chi connectivity index (χ3v) is 13.3. The van der Waals surface area contributed by atoms with Crippen molar-refractivity contribution in [3.05, 3.63) is 85.1 Å². The highest BCUT2D eigenvalue weighted by Gasteiger charge is 2.28. The molecule has 0 heterocycles. The molecule has 11 nitrogen and oxygen atoms in total. The number of esters is 3. The van der Waals surface area contributed by atoms with Crippen molar-refractivity contribution in [3.63, 3.8) is 0 Å². The number of hydrogen-bond acceptors (Lipinski definition) is 10. The predicted molar refractivity (Wildman–Crippen MR) is 307 cm³/mol. The number of rotatable bonds is 54. The van der Waals surface area contributed by atoms with Gasteiger partial charge < -0.3 is 24.2 Å². The molecule has 2 N–H and O–H groups in total. The number of aliphatic hydroxyl groups is 1. The third-order valence-electron chi connectivity index (χ3n) is 12.3. The number of unbranched alkanes of at least 4 members (excludes halogenated alkanes) is 23. The van der Waals surface area contributed by atoms with Gasteiger partial charge in [0.15, 0.2) is 6.10 Å². The van der Waals surface area contributed by atoms with Gasteiger partial charge in [0.05, 0.1) is 19.8 Å². The number of phosphoric ester groups is 1. The minimum absolute atomic E-state index is 0.151. The Hall–Kier alpha value is -3.34. The minimum atomic E-state index is -4.75. The molecule has 0 rings (SSSR count). The highest BCUT2D eigenvalue weighted by molar-refractivity contribution is 7.47. The Morgan fingerprint density at radius 3 is 1.08 bits per heavy atom. The van der Waals surface area contributed by atoms with Gasteiger partial charge in [0.1, 0.15) is 12.7 Å². The molecule has 0 saturated carbocycles. The first-order valence-electron chi connectivity index (χ1n) is 29.5. The Labute approximate surface area is 451 Å². The van der Waals surface area contributed by atoms with Crippen LogP contribution in [0, 0.1) is 0 Å². The fourth-order valence-electron chi connectivity index (χ4n) is 7.89. The Bertz CT molecular complexity index is 1560. The summed E-state index contributed by atoms with van der Waals surface area (Å²) >= 11 is 0. The van der Waals surface area contributed by atoms with Crippen LogP contribution < -0.4 is 0 Å². The highest BCUT2D eigenvalue weighted by Crippen LogP contribution is 2.43. The molecule has 0 amide bonds. The van der Waals surface area contributed by atoms with E-state index in [0.29, 0.717) is 19.3 Å². The van der Waals surface area contributed by atoms with Crippen molar-refractivity contribution in [1.29, 1.82) is 0 Å². The van der Waals surface area contributed by atoms with Gasteiger partial charge in [-0.25, -0.2) is 4.57 Å². The van der Waals surface area contributed by atoms with Crippen molar-refractivity contribution in [3.8, 4) is 0 Å². The lowest BCUT2D eigenvalue weighted by atomic mass is 10.1. The van der Waals surface area contributed by atoms with Crippen LogP contribution in [0.25, 0.3) is 0 Å². The maximum absolute atomic E-state index is 12.9. The monoisotopic (exact) mass is 1060 g/mol. The number of hydrogen-bond donors (Lipinski definition) is 2. The van der Waals surface area contributed by atoms with Gasteiger partial charge >= 0.3 is 25.7 Å². The fourth-order valence-corrected chi connectivity index (χ4v) is 8.68. The lowest BCUT2D eigenvalue weighted by molar-refractivity contribution is -0.161. The molecule has 3 unspecified atom stereocenters. The van der Waals surface area contributed by atoms with E-state index in [-0.39, 0.29) is 25.9 Å². The van der Waals surface area contributed by atoms with Crippen LogP contribution in [0.5, 0.6) is 0 Å². The topological polar surface area (TPSA) is 155 Å². The second-order valence-electron chi connectivity index (χ2n) is 19.4. The van der Waals surface area contributed by atoms with Crippen molar-refractivity contribution >= 4 is 25.7 Å². The minimum Gasteiger partial charge on any atom is -0.462 e. The van der Waals surface area contributed by atoms with Gasteiger partial charge in [0.2, 0.25) is 0 Å². The van der Waals surface area contributed by atoms with Crippen LogP contribution in [0.3, 0.4) is 0 Å². The molecule has 0 aromatic heterocycles. The SMILES string of the molecule is CC/C=C\C/C=C\C/C=C\C/C=C\CCCCCCCCC(=O)OCC(COP(=O)(O)OCC(CO)OC(=O)CCCCCCCCCCCCC)OC(=O)CCCCCCCCC/C=C\C/C=C\C/C=C\CC. The Morgan fingerprint density at radius 1 is 0.392 bits per heavy atom. The van der Waals surface area contributed by atoms with Crippen molar-refractivity contribution in [2.24, 2.45) is 0 Å². The first-order valence-corrected chi connectivity index (χ1v) is 31.0. The van der Waals surface area contributed by atoms with Gasteiger partial charge in [-0.2, -0.15) is 0 Å². The number of carbonyl (C=O) groups excluding carboxylic acids is 3. The molecular formula is C62H107O11P. The average Bonchev–Trinajstić information content (AvgIpc) is 3.39. The smallest absolute Gasteiger partial charge is 0.462 e. The van der Waals surface area contributed by atoms with Crippen LogP contribution >= 0.6 is 7.82 Å². The van der Waals surface area contributed by atoms with Gasteiger partial charge in [0, 0.05) is 19.3 Å². The van der Waals surface area contributed by atoms with Gasteiger partial charge in [0.25, 0.3) is 0 Å². The molecule has 3 atom stereocenters. The number of aliphatic hydroxyl groups excluding tert-OH is 1. The molecule has 0 aliphatic heterocycles. The normalized spacial score (nSPS) is 14.0. The van der Waals surface area contributed by atoms with E-state index >= 15 is 0 Å². The number of phosphoric acid groups is 1. The first kappa shape index (κ1) is 70.7. The van der Waals surface area contributed by atoms with Gasteiger partial charge in [-0.3, -0.25) is 23.4 Å². The maximum Gasteiger partial charge on any atom is 0.472 e. The first-order chi connectivity index (χ1) is 36.2. The quantitative estimate of drug-likeness (QED) is 0.0197. The zero-order chi connectivity index (χ0) is 54.1. The molecule has 0 saturated heterocycles. The van der Waals surface area contributed by atoms with E-state index in [4.69, 9.17) is 23.3 Å². The summed E-state index contributed by atoms with van der Waals surface area (Å²) in [5.41, 5.74) is 0. The van der Waals surface area contributed by atoms with Crippen LogP contribution in [0.4, 0.5) is 0 Å². The predicted octanol–water partition coefficient (Wildman–Crippen LogP) is 17.5. The second kappa shape index (κ2) is 55.9. The Kier molecular flexibility index (Phi) is 53.4. The highest BCUT2D eigenvalue weighted by atomic mass is 31.2. The number of ether oxygens (including phenoxy) is 3. The fraction of sp³-hybridized carbons (Fsp3) is 0.726. The summed E-state index contributed by atoms with van der Waals surface area (Å²) < 4.78 is 39.5. The van der Waals surface area contributed by atoms with Crippen molar-refractivity contribution < 1.29 is 52.2 Å². The standard InChI is InChI=1S/C62H107O11P/c1-4-7-10-13-16-19-22-24-26-28-29-31-32-34-37-39-42-45-48-51-60(64)69-55-59(73-62(66)53-50-47-44-41-38-35-33-30-27-25-23-20-17-14-11-8-5-2)57-71-74(67,68)70-56-58(54-63)72-61(65)52-49-46-43-40-36-21-18-15-12-9-6-3/h7-8,10-11,16-17,19-20,24-27,29,31,58-59,63H,4-6,9,12-15,18,21-23,28,30,32-57H2,1-3H3,(H,67,68)/b10-7-,11-8-,19-16-,20-17-,26-24-,27-25-,31-29-. The molecule has 0 aromatic carbocycles. The van der Waals surface area contributed by atoms with E-state index in [1.165, 1.54) is 51.4 Å². The molecule has 0 aromatic rings. The molecule has 0 radical (unpaired) electrons. The van der Waals surface area contributed by atoms with Crippen molar-refractivity contribution in [2.75, 3.05) is 26.4 Å². The Morgan fingerprint density at radius 2 is 0.703 bits per heavy atom. The summed E-state index contributed by atoms with van der Waals surface area (Å²) in [7, 11) is -4.75. The largest absolute Gasteiger partial charge is 0.472 e. The molecular weight excluding hydrogens is 952 g/mol. The van der Waals surface area contributed by atoms with Gasteiger partial charge in [-0.15, -0.1) is 0 Å². The zero-order valence-corrected chi connectivity index (χ0v) is 47.9. The van der Waals surface area contributed by atoms with E-state index < -0.39 is 57.8 Å². The van der Waals surface area contributed by atoms with Crippen LogP contribution in [0.15, 0.2) is 85.1 Å². The third kappa shape index (κ3) is 53.5. The Balaban J connectivity index is 4.76. The summed E-state index contributed by atoms with van der Waals surface area (Å²) in [5, 5.41) is 9.80. The lowest BCUT2D eigenvalue weighted by Gasteiger charge is -2.21. The van der Waals surface area contributed by atoms with E-state index in [0.717, 1.165) is 141 Å². The molecule has 0 bridgehead atoms. The maximum atomic E-state index is 12.9. The molecule has 0 aliphatic rings. The van der Waals surface area contributed by atoms with Gasteiger partial charge in [-0.1, -0.05) is 228 Å². The average molecular weight is 1060 g/mol. The van der Waals surface area contributed by atoms with Crippen LogP contribution in [0.1, 0.15) is 252 Å². The summed E-state index contributed by atoms with van der Waals surface area (Å²) in [6.07, 6.45) is 63.9. The summed E-state index contributed by atoms with van der Waals surface area (Å²) in [6.45, 7) is 4.40. The molecule has 0 aliphatic carbocycles. The van der Waals surface area contributed by atoms with E-state index in [1.54, 1.807) is 0 Å². The van der Waals surface area contributed by atoms with Crippen LogP contribution in [-0.4, -0.2) is 66.5 Å². The van der Waals surface area contributed by atoms with Gasteiger partial charge in [-0.05, 0) is 89.9 Å². The number of carbonyl (C=O) groups is 3.